The van der Waals surface area contributed by atoms with Crippen molar-refractivity contribution in [3.05, 3.63) is 41.7 Å². The normalized spacial score (nSPS) is 17.1. The maximum Gasteiger partial charge on any atom is 0.235 e. The van der Waals surface area contributed by atoms with Crippen molar-refractivity contribution in [2.75, 3.05) is 19.0 Å². The number of carbonyl (C=O) groups is 1. The molecule has 0 aliphatic carbocycles. The van der Waals surface area contributed by atoms with Gasteiger partial charge in [-0.05, 0) is 12.1 Å². The fourth-order valence-corrected chi connectivity index (χ4v) is 2.62. The third-order valence-corrected chi connectivity index (χ3v) is 3.61. The third-order valence-electron chi connectivity index (χ3n) is 3.61. The summed E-state index contributed by atoms with van der Waals surface area (Å²) in [4.78, 5) is 12.6. The molecule has 1 aromatic heterocycles. The predicted octanol–water partition coefficient (Wildman–Crippen LogP) is 1.25. The summed E-state index contributed by atoms with van der Waals surface area (Å²) in [6, 6.07) is 7.38. The van der Waals surface area contributed by atoms with Crippen LogP contribution in [-0.4, -0.2) is 29.3 Å². The minimum atomic E-state index is -0.292. The molecule has 1 unspecified atom stereocenters. The second-order valence-electron chi connectivity index (χ2n) is 5.09. The van der Waals surface area contributed by atoms with Gasteiger partial charge in [-0.25, -0.2) is 0 Å². The maximum atomic E-state index is 12.6. The first-order valence-electron chi connectivity index (χ1n) is 6.86. The zero-order valence-corrected chi connectivity index (χ0v) is 12.1. The monoisotopic (exact) mass is 286 g/mol. The van der Waals surface area contributed by atoms with Gasteiger partial charge in [0.25, 0.3) is 0 Å². The first-order valence-corrected chi connectivity index (χ1v) is 6.86. The molecule has 21 heavy (non-hydrogen) atoms. The highest BCUT2D eigenvalue weighted by Crippen LogP contribution is 2.27. The average Bonchev–Trinajstić information content (AvgIpc) is 2.87. The number of aryl methyl sites for hydroxylation is 1. The molecule has 2 heterocycles. The number of anilines is 1. The lowest BCUT2D eigenvalue weighted by atomic mass is 9.97. The number of benzene rings is 1. The molecule has 110 valence electrons. The lowest BCUT2D eigenvalue weighted by molar-refractivity contribution is -0.117. The van der Waals surface area contributed by atoms with Crippen LogP contribution in [0.4, 0.5) is 5.69 Å². The van der Waals surface area contributed by atoms with Crippen LogP contribution in [0.3, 0.4) is 0 Å². The molecule has 1 amide bonds. The van der Waals surface area contributed by atoms with E-state index in [1.54, 1.807) is 11.8 Å². The Bertz CT molecular complexity index is 665. The number of nitrogens with zero attached hydrogens (tertiary/aromatic N) is 2. The molecule has 6 nitrogen and oxygen atoms in total. The van der Waals surface area contributed by atoms with Gasteiger partial charge in [-0.2, -0.15) is 5.10 Å². The Kier molecular flexibility index (Phi) is 3.62. The van der Waals surface area contributed by atoms with Crippen molar-refractivity contribution in [3.63, 3.8) is 0 Å². The molecule has 0 spiro atoms. The van der Waals surface area contributed by atoms with Crippen LogP contribution in [0.5, 0.6) is 5.75 Å². The SMILES string of the molecule is COc1ccccc1NC(=O)C1CNCc2cn(C)nc21. The summed E-state index contributed by atoms with van der Waals surface area (Å²) in [5, 5.41) is 10.6. The minimum absolute atomic E-state index is 0.0772. The molecule has 1 aromatic carbocycles. The van der Waals surface area contributed by atoms with Gasteiger partial charge in [-0.15, -0.1) is 0 Å². The second kappa shape index (κ2) is 5.57. The van der Waals surface area contributed by atoms with Crippen molar-refractivity contribution in [1.82, 2.24) is 15.1 Å². The number of ether oxygens (including phenoxy) is 1. The fraction of sp³-hybridized carbons (Fsp3) is 0.333. The fourth-order valence-electron chi connectivity index (χ4n) is 2.62. The van der Waals surface area contributed by atoms with Gasteiger partial charge in [-0.1, -0.05) is 12.1 Å². The Morgan fingerprint density at radius 1 is 1.48 bits per heavy atom. The van der Waals surface area contributed by atoms with Crippen LogP contribution in [0.2, 0.25) is 0 Å². The number of methoxy groups -OCH3 is 1. The van der Waals surface area contributed by atoms with Crippen LogP contribution in [0.25, 0.3) is 0 Å². The van der Waals surface area contributed by atoms with E-state index < -0.39 is 0 Å². The number of fused-ring (bicyclic) bond motifs is 1. The number of nitrogens with one attached hydrogen (secondary N) is 2. The molecule has 2 N–H and O–H groups in total. The van der Waals surface area contributed by atoms with Gasteiger partial charge in [0.05, 0.1) is 24.4 Å². The first-order chi connectivity index (χ1) is 10.2. The van der Waals surface area contributed by atoms with Crippen LogP contribution >= 0.6 is 0 Å². The molecule has 0 fully saturated rings. The summed E-state index contributed by atoms with van der Waals surface area (Å²) in [7, 11) is 3.46. The average molecular weight is 286 g/mol. The number of hydrogen-bond donors (Lipinski definition) is 2. The highest BCUT2D eigenvalue weighted by Gasteiger charge is 2.29. The van der Waals surface area contributed by atoms with E-state index >= 15 is 0 Å². The lowest BCUT2D eigenvalue weighted by Gasteiger charge is -2.22. The number of carbonyl (C=O) groups excluding carboxylic acids is 1. The third kappa shape index (κ3) is 2.62. The van der Waals surface area contributed by atoms with Gasteiger partial charge in [0.1, 0.15) is 5.75 Å². The molecular weight excluding hydrogens is 268 g/mol. The van der Waals surface area contributed by atoms with Gasteiger partial charge in [0, 0.05) is 31.9 Å². The molecule has 0 saturated carbocycles. The van der Waals surface area contributed by atoms with Crippen LogP contribution in [-0.2, 0) is 18.4 Å². The van der Waals surface area contributed by atoms with E-state index in [0.717, 1.165) is 17.8 Å². The van der Waals surface area contributed by atoms with E-state index in [4.69, 9.17) is 4.74 Å². The number of para-hydroxylation sites is 2. The van der Waals surface area contributed by atoms with Gasteiger partial charge in [-0.3, -0.25) is 9.48 Å². The molecule has 6 heteroatoms. The second-order valence-corrected chi connectivity index (χ2v) is 5.09. The zero-order chi connectivity index (χ0) is 14.8. The Labute approximate surface area is 123 Å². The number of amides is 1. The molecule has 1 aliphatic heterocycles. The number of aromatic nitrogens is 2. The summed E-state index contributed by atoms with van der Waals surface area (Å²) < 4.78 is 7.01. The predicted molar refractivity (Wildman–Crippen MR) is 79.3 cm³/mol. The molecule has 1 aliphatic rings. The van der Waals surface area contributed by atoms with Crippen LogP contribution in [0, 0.1) is 0 Å². The van der Waals surface area contributed by atoms with Crippen LogP contribution in [0.1, 0.15) is 17.2 Å². The van der Waals surface area contributed by atoms with Crippen molar-refractivity contribution >= 4 is 11.6 Å². The molecule has 0 radical (unpaired) electrons. The van der Waals surface area contributed by atoms with Crippen molar-refractivity contribution in [1.29, 1.82) is 0 Å². The van der Waals surface area contributed by atoms with Crippen molar-refractivity contribution in [2.24, 2.45) is 7.05 Å². The standard InChI is InChI=1S/C15H18N4O2/c1-19-9-10-7-16-8-11(14(10)18-19)15(20)17-12-5-3-4-6-13(12)21-2/h3-6,9,11,16H,7-8H2,1-2H3,(H,17,20). The summed E-state index contributed by atoms with van der Waals surface area (Å²) in [6.45, 7) is 1.34. The summed E-state index contributed by atoms with van der Waals surface area (Å²) in [5.74, 6) is 0.280. The lowest BCUT2D eigenvalue weighted by Crippen LogP contribution is -2.35. The van der Waals surface area contributed by atoms with E-state index in [-0.39, 0.29) is 11.8 Å². The highest BCUT2D eigenvalue weighted by atomic mass is 16.5. The van der Waals surface area contributed by atoms with Gasteiger partial charge in [0.15, 0.2) is 0 Å². The molecule has 1 atom stereocenters. The molecular formula is C15H18N4O2. The Balaban J connectivity index is 1.83. The van der Waals surface area contributed by atoms with E-state index in [0.29, 0.717) is 18.0 Å². The quantitative estimate of drug-likeness (QED) is 0.891. The van der Waals surface area contributed by atoms with Crippen molar-refractivity contribution in [3.8, 4) is 5.75 Å². The smallest absolute Gasteiger partial charge is 0.235 e. The first kappa shape index (κ1) is 13.6. The molecule has 2 aromatic rings. The summed E-state index contributed by atoms with van der Waals surface area (Å²) in [5.41, 5.74) is 2.60. The number of rotatable bonds is 3. The maximum absolute atomic E-state index is 12.6. The van der Waals surface area contributed by atoms with Gasteiger partial charge < -0.3 is 15.4 Å². The molecule has 0 saturated heterocycles. The molecule has 3 rings (SSSR count). The Morgan fingerprint density at radius 2 is 2.29 bits per heavy atom. The van der Waals surface area contributed by atoms with Gasteiger partial charge in [0.2, 0.25) is 5.91 Å². The van der Waals surface area contributed by atoms with E-state index in [1.165, 1.54) is 0 Å². The van der Waals surface area contributed by atoms with Crippen LogP contribution < -0.4 is 15.4 Å². The Hall–Kier alpha value is -2.34. The highest BCUT2D eigenvalue weighted by molar-refractivity contribution is 5.97. The van der Waals surface area contributed by atoms with Gasteiger partial charge >= 0.3 is 0 Å². The number of hydrogen-bond acceptors (Lipinski definition) is 4. The molecule has 0 bridgehead atoms. The summed E-state index contributed by atoms with van der Waals surface area (Å²) in [6.07, 6.45) is 1.95. The van der Waals surface area contributed by atoms with E-state index in [9.17, 15) is 4.79 Å². The van der Waals surface area contributed by atoms with Crippen molar-refractivity contribution in [2.45, 2.75) is 12.5 Å². The topological polar surface area (TPSA) is 68.2 Å². The van der Waals surface area contributed by atoms with Crippen LogP contribution in [0.15, 0.2) is 30.5 Å². The van der Waals surface area contributed by atoms with Crippen molar-refractivity contribution < 1.29 is 9.53 Å². The zero-order valence-electron chi connectivity index (χ0n) is 12.1. The summed E-state index contributed by atoms with van der Waals surface area (Å²) >= 11 is 0. The van der Waals surface area contributed by atoms with E-state index in [1.807, 2.05) is 37.5 Å². The largest absolute Gasteiger partial charge is 0.495 e. The minimum Gasteiger partial charge on any atom is -0.495 e. The Morgan fingerprint density at radius 3 is 3.10 bits per heavy atom. The van der Waals surface area contributed by atoms with E-state index in [2.05, 4.69) is 15.7 Å².